The molecular weight excluding hydrogens is 314 g/mol. The average molecular weight is 345 g/mol. The molecule has 0 aromatic heterocycles. The highest BCUT2D eigenvalue weighted by molar-refractivity contribution is 5.78. The van der Waals surface area contributed by atoms with Gasteiger partial charge in [-0.1, -0.05) is 31.2 Å². The third kappa shape index (κ3) is 5.72. The number of nitrogens with zero attached hydrogens (tertiary/aromatic N) is 2. The summed E-state index contributed by atoms with van der Waals surface area (Å²) in [6.45, 7) is 7.28. The van der Waals surface area contributed by atoms with Crippen molar-refractivity contribution in [2.24, 2.45) is 16.6 Å². The quantitative estimate of drug-likeness (QED) is 0.658. The van der Waals surface area contributed by atoms with Gasteiger partial charge in [-0.15, -0.1) is 0 Å². The number of benzene rings is 1. The first-order valence-corrected chi connectivity index (χ1v) is 9.53. The Balaban J connectivity index is 1.46. The minimum absolute atomic E-state index is 0.338. The molecule has 0 bridgehead atoms. The minimum atomic E-state index is 0.338. The lowest BCUT2D eigenvalue weighted by Crippen LogP contribution is -2.43. The van der Waals surface area contributed by atoms with Gasteiger partial charge >= 0.3 is 0 Å². The van der Waals surface area contributed by atoms with Crippen molar-refractivity contribution in [3.63, 3.8) is 0 Å². The van der Waals surface area contributed by atoms with Crippen molar-refractivity contribution in [2.45, 2.75) is 51.9 Å². The van der Waals surface area contributed by atoms with Crippen molar-refractivity contribution in [1.82, 2.24) is 4.90 Å². The molecular formula is C20H31N3O2. The maximum absolute atomic E-state index is 6.16. The van der Waals surface area contributed by atoms with Crippen molar-refractivity contribution >= 4 is 5.96 Å². The Bertz CT molecular complexity index is 553. The van der Waals surface area contributed by atoms with Gasteiger partial charge < -0.3 is 20.1 Å². The number of nitrogens with two attached hydrogens (primary N) is 1. The number of hydrogen-bond donors (Lipinski definition) is 1. The molecule has 0 amide bonds. The molecule has 1 aromatic carbocycles. The Labute approximate surface area is 151 Å². The molecule has 5 nitrogen and oxygen atoms in total. The lowest BCUT2D eigenvalue weighted by molar-refractivity contribution is -0.0390. The largest absolute Gasteiger partial charge is 0.381 e. The first-order valence-electron chi connectivity index (χ1n) is 9.53. The van der Waals surface area contributed by atoms with Crippen LogP contribution in [-0.2, 0) is 22.6 Å². The summed E-state index contributed by atoms with van der Waals surface area (Å²) < 4.78 is 11.3. The van der Waals surface area contributed by atoms with E-state index in [1.54, 1.807) is 0 Å². The first-order chi connectivity index (χ1) is 12.2. The summed E-state index contributed by atoms with van der Waals surface area (Å²) in [6.07, 6.45) is 4.84. The minimum Gasteiger partial charge on any atom is -0.381 e. The summed E-state index contributed by atoms with van der Waals surface area (Å²) >= 11 is 0. The summed E-state index contributed by atoms with van der Waals surface area (Å²) in [6, 6.07) is 8.50. The lowest BCUT2D eigenvalue weighted by Gasteiger charge is -2.31. The summed E-state index contributed by atoms with van der Waals surface area (Å²) in [5.41, 5.74) is 8.55. The Kier molecular flexibility index (Phi) is 6.70. The Morgan fingerprint density at radius 1 is 1.20 bits per heavy atom. The topological polar surface area (TPSA) is 60.1 Å². The second-order valence-corrected chi connectivity index (χ2v) is 7.31. The molecule has 3 rings (SSSR count). The average Bonchev–Trinajstić information content (AvgIpc) is 2.66. The molecule has 138 valence electrons. The van der Waals surface area contributed by atoms with Gasteiger partial charge in [0.1, 0.15) is 0 Å². The molecule has 0 aliphatic carbocycles. The van der Waals surface area contributed by atoms with Crippen molar-refractivity contribution in [3.05, 3.63) is 35.4 Å². The van der Waals surface area contributed by atoms with Crippen LogP contribution in [0.2, 0.25) is 0 Å². The zero-order valence-corrected chi connectivity index (χ0v) is 15.3. The molecule has 2 fully saturated rings. The van der Waals surface area contributed by atoms with Crippen LogP contribution in [0.1, 0.15) is 43.7 Å². The van der Waals surface area contributed by atoms with E-state index in [0.29, 0.717) is 31.1 Å². The Morgan fingerprint density at radius 2 is 1.92 bits per heavy atom. The fourth-order valence-electron chi connectivity index (χ4n) is 3.47. The molecule has 5 heteroatoms. The summed E-state index contributed by atoms with van der Waals surface area (Å²) in [5, 5.41) is 0. The van der Waals surface area contributed by atoms with E-state index in [2.05, 4.69) is 41.1 Å². The zero-order chi connectivity index (χ0) is 17.5. The molecule has 2 saturated heterocycles. The van der Waals surface area contributed by atoms with Gasteiger partial charge in [0.2, 0.25) is 0 Å². The summed E-state index contributed by atoms with van der Waals surface area (Å²) in [7, 11) is 0. The van der Waals surface area contributed by atoms with Gasteiger partial charge in [-0.05, 0) is 42.7 Å². The van der Waals surface area contributed by atoms with Gasteiger partial charge in [-0.2, -0.15) is 0 Å². The molecule has 1 unspecified atom stereocenters. The Morgan fingerprint density at radius 3 is 2.64 bits per heavy atom. The molecule has 0 saturated carbocycles. The molecule has 0 spiro atoms. The van der Waals surface area contributed by atoms with Crippen molar-refractivity contribution in [1.29, 1.82) is 0 Å². The molecule has 1 atom stereocenters. The lowest BCUT2D eigenvalue weighted by atomic mass is 10.0. The number of ether oxygens (including phenoxy) is 2. The van der Waals surface area contributed by atoms with Crippen LogP contribution in [0.4, 0.5) is 0 Å². The predicted octanol–water partition coefficient (Wildman–Crippen LogP) is 2.93. The normalized spacial score (nSPS) is 23.0. The molecule has 1 aromatic rings. The van der Waals surface area contributed by atoms with Gasteiger partial charge in [0, 0.05) is 26.3 Å². The third-order valence-corrected chi connectivity index (χ3v) is 5.08. The van der Waals surface area contributed by atoms with Crippen LogP contribution in [0.5, 0.6) is 0 Å². The fraction of sp³-hybridized carbons (Fsp3) is 0.650. The highest BCUT2D eigenvalue weighted by Crippen LogP contribution is 2.16. The highest BCUT2D eigenvalue weighted by atomic mass is 16.5. The van der Waals surface area contributed by atoms with Crippen LogP contribution < -0.4 is 5.73 Å². The maximum Gasteiger partial charge on any atom is 0.191 e. The van der Waals surface area contributed by atoms with E-state index < -0.39 is 0 Å². The number of aliphatic imine (C=N–C) groups is 1. The van der Waals surface area contributed by atoms with Gasteiger partial charge in [-0.25, -0.2) is 4.99 Å². The van der Waals surface area contributed by atoms with Crippen LogP contribution in [0.25, 0.3) is 0 Å². The zero-order valence-electron chi connectivity index (χ0n) is 15.3. The van der Waals surface area contributed by atoms with Crippen molar-refractivity contribution < 1.29 is 9.47 Å². The molecule has 2 aliphatic heterocycles. The number of hydrogen-bond acceptors (Lipinski definition) is 3. The fourth-order valence-corrected chi connectivity index (χ4v) is 3.47. The van der Waals surface area contributed by atoms with E-state index in [-0.39, 0.29) is 0 Å². The second kappa shape index (κ2) is 9.20. The smallest absolute Gasteiger partial charge is 0.191 e. The van der Waals surface area contributed by atoms with Crippen LogP contribution in [0.3, 0.4) is 0 Å². The van der Waals surface area contributed by atoms with E-state index in [0.717, 1.165) is 39.1 Å². The molecule has 2 aliphatic rings. The SMILES string of the molecule is CC1CCCN(C(N)=NCc2ccc(COC3CCOCC3)cc2)C1. The van der Waals surface area contributed by atoms with E-state index in [9.17, 15) is 0 Å². The standard InChI is InChI=1S/C20H31N3O2/c1-16-3-2-10-23(14-16)20(21)22-13-17-4-6-18(7-5-17)15-25-19-8-11-24-12-9-19/h4-7,16,19H,2-3,8-15H2,1H3,(H2,21,22). The van der Waals surface area contributed by atoms with Gasteiger partial charge in [0.05, 0.1) is 19.3 Å². The number of rotatable bonds is 5. The van der Waals surface area contributed by atoms with E-state index in [1.807, 2.05) is 0 Å². The molecule has 2 heterocycles. The van der Waals surface area contributed by atoms with Crippen LogP contribution in [0, 0.1) is 5.92 Å². The van der Waals surface area contributed by atoms with Crippen LogP contribution >= 0.6 is 0 Å². The summed E-state index contributed by atoms with van der Waals surface area (Å²) in [4.78, 5) is 6.79. The van der Waals surface area contributed by atoms with E-state index in [1.165, 1.54) is 24.0 Å². The number of piperidine rings is 1. The molecule has 0 radical (unpaired) electrons. The van der Waals surface area contributed by atoms with Crippen molar-refractivity contribution in [2.75, 3.05) is 26.3 Å². The predicted molar refractivity (Wildman–Crippen MR) is 100 cm³/mol. The van der Waals surface area contributed by atoms with Crippen molar-refractivity contribution in [3.8, 4) is 0 Å². The van der Waals surface area contributed by atoms with Crippen LogP contribution in [0.15, 0.2) is 29.3 Å². The first kappa shape index (κ1) is 18.2. The van der Waals surface area contributed by atoms with E-state index in [4.69, 9.17) is 15.2 Å². The summed E-state index contributed by atoms with van der Waals surface area (Å²) in [5.74, 6) is 1.39. The Hall–Kier alpha value is -1.59. The van der Waals surface area contributed by atoms with Gasteiger partial charge in [0.25, 0.3) is 0 Å². The van der Waals surface area contributed by atoms with Gasteiger partial charge in [-0.3, -0.25) is 0 Å². The number of likely N-dealkylation sites (tertiary alicyclic amines) is 1. The van der Waals surface area contributed by atoms with E-state index >= 15 is 0 Å². The molecule has 25 heavy (non-hydrogen) atoms. The highest BCUT2D eigenvalue weighted by Gasteiger charge is 2.17. The monoisotopic (exact) mass is 345 g/mol. The second-order valence-electron chi connectivity index (χ2n) is 7.31. The number of guanidine groups is 1. The third-order valence-electron chi connectivity index (χ3n) is 5.08. The maximum atomic E-state index is 6.16. The molecule has 2 N–H and O–H groups in total. The van der Waals surface area contributed by atoms with Crippen LogP contribution in [-0.4, -0.2) is 43.3 Å². The van der Waals surface area contributed by atoms with Gasteiger partial charge in [0.15, 0.2) is 5.96 Å².